The number of rotatable bonds is 4. The lowest BCUT2D eigenvalue weighted by Gasteiger charge is -2.11. The Morgan fingerprint density at radius 3 is 2.85 bits per heavy atom. The Bertz CT molecular complexity index is 511. The second-order valence-electron chi connectivity index (χ2n) is 4.60. The van der Waals surface area contributed by atoms with Crippen LogP contribution in [0.25, 0.3) is 0 Å². The number of nitrogens with one attached hydrogen (secondary N) is 2. The molecule has 1 unspecified atom stereocenters. The van der Waals surface area contributed by atoms with Gasteiger partial charge in [-0.15, -0.1) is 0 Å². The van der Waals surface area contributed by atoms with E-state index in [1.165, 1.54) is 18.2 Å². The van der Waals surface area contributed by atoms with E-state index in [9.17, 15) is 14.7 Å². The first-order chi connectivity index (χ1) is 9.56. The van der Waals surface area contributed by atoms with Crippen LogP contribution in [-0.4, -0.2) is 42.0 Å². The monoisotopic (exact) mass is 280 g/mol. The summed E-state index contributed by atoms with van der Waals surface area (Å²) in [5.41, 5.74) is 0.0485. The molecule has 0 bridgehead atoms. The van der Waals surface area contributed by atoms with E-state index in [1.54, 1.807) is 0 Å². The van der Waals surface area contributed by atoms with Crippen molar-refractivity contribution in [2.75, 3.05) is 25.1 Å². The molecule has 0 radical (unpaired) electrons. The Morgan fingerprint density at radius 1 is 1.40 bits per heavy atom. The largest absolute Gasteiger partial charge is 0.507 e. The summed E-state index contributed by atoms with van der Waals surface area (Å²) in [5.74, 6) is -1.28. The highest BCUT2D eigenvalue weighted by molar-refractivity contribution is 5.95. The molecule has 1 atom stereocenters. The molecule has 2 amide bonds. The van der Waals surface area contributed by atoms with E-state index in [0.717, 1.165) is 6.42 Å². The summed E-state index contributed by atoms with van der Waals surface area (Å²) in [6.45, 7) is 1.87. The van der Waals surface area contributed by atoms with Gasteiger partial charge in [-0.05, 0) is 24.6 Å². The van der Waals surface area contributed by atoms with Crippen molar-refractivity contribution in [1.29, 1.82) is 0 Å². The minimum Gasteiger partial charge on any atom is -0.507 e. The van der Waals surface area contributed by atoms with Gasteiger partial charge in [0.2, 0.25) is 0 Å². The van der Waals surface area contributed by atoms with Gasteiger partial charge in [-0.25, -0.2) is 9.59 Å². The summed E-state index contributed by atoms with van der Waals surface area (Å²) >= 11 is 0. The number of carboxylic acids is 1. The molecular weight excluding hydrogens is 264 g/mol. The third-order valence-electron chi connectivity index (χ3n) is 3.06. The standard InChI is InChI=1S/C13H16N2O5/c16-11-2-1-9(5-10(11)12(17)18)15-13(19)14-6-8-3-4-20-7-8/h1-2,5,8,16H,3-4,6-7H2,(H,17,18)(H2,14,15,19). The lowest BCUT2D eigenvalue weighted by molar-refractivity contribution is 0.0693. The average Bonchev–Trinajstić information content (AvgIpc) is 2.91. The molecule has 108 valence electrons. The summed E-state index contributed by atoms with van der Waals surface area (Å²) in [6.07, 6.45) is 0.919. The first kappa shape index (κ1) is 14.1. The molecule has 1 aliphatic rings. The number of carbonyl (C=O) groups excluding carboxylic acids is 1. The quantitative estimate of drug-likeness (QED) is 0.621. The maximum Gasteiger partial charge on any atom is 0.339 e. The number of aromatic hydroxyl groups is 1. The number of aromatic carboxylic acids is 1. The van der Waals surface area contributed by atoms with Gasteiger partial charge in [0.1, 0.15) is 11.3 Å². The molecule has 4 N–H and O–H groups in total. The number of hydrogen-bond acceptors (Lipinski definition) is 4. The van der Waals surface area contributed by atoms with E-state index in [-0.39, 0.29) is 11.3 Å². The van der Waals surface area contributed by atoms with Gasteiger partial charge in [-0.3, -0.25) is 0 Å². The van der Waals surface area contributed by atoms with Crippen molar-refractivity contribution < 1.29 is 24.5 Å². The molecule has 0 aromatic heterocycles. The zero-order valence-corrected chi connectivity index (χ0v) is 10.8. The van der Waals surface area contributed by atoms with Crippen molar-refractivity contribution in [2.45, 2.75) is 6.42 Å². The average molecular weight is 280 g/mol. The van der Waals surface area contributed by atoms with Crippen molar-refractivity contribution in [3.63, 3.8) is 0 Å². The Kier molecular flexibility index (Phi) is 4.41. The van der Waals surface area contributed by atoms with Crippen LogP contribution in [0.15, 0.2) is 18.2 Å². The fourth-order valence-corrected chi connectivity index (χ4v) is 1.94. The molecule has 1 heterocycles. The zero-order chi connectivity index (χ0) is 14.5. The number of anilines is 1. The van der Waals surface area contributed by atoms with Crippen molar-refractivity contribution in [2.24, 2.45) is 5.92 Å². The number of carbonyl (C=O) groups is 2. The van der Waals surface area contributed by atoms with E-state index in [1.807, 2.05) is 0 Å². The number of benzene rings is 1. The van der Waals surface area contributed by atoms with Crippen LogP contribution in [0.5, 0.6) is 5.75 Å². The van der Waals surface area contributed by atoms with Crippen LogP contribution in [0, 0.1) is 5.92 Å². The van der Waals surface area contributed by atoms with Crippen LogP contribution in [0.1, 0.15) is 16.8 Å². The lowest BCUT2D eigenvalue weighted by atomic mass is 10.1. The molecule has 0 spiro atoms. The van der Waals surface area contributed by atoms with Gasteiger partial charge in [0.05, 0.1) is 6.61 Å². The summed E-state index contributed by atoms with van der Waals surface area (Å²) in [5, 5.41) is 23.5. The van der Waals surface area contributed by atoms with Crippen molar-refractivity contribution >= 4 is 17.7 Å². The number of phenols is 1. The zero-order valence-electron chi connectivity index (χ0n) is 10.8. The van der Waals surface area contributed by atoms with Crippen LogP contribution >= 0.6 is 0 Å². The second-order valence-corrected chi connectivity index (χ2v) is 4.60. The van der Waals surface area contributed by atoms with Crippen molar-refractivity contribution in [3.05, 3.63) is 23.8 Å². The van der Waals surface area contributed by atoms with Crippen LogP contribution in [0.3, 0.4) is 0 Å². The number of hydrogen-bond donors (Lipinski definition) is 4. The molecular formula is C13H16N2O5. The molecule has 7 nitrogen and oxygen atoms in total. The van der Waals surface area contributed by atoms with Gasteiger partial charge in [-0.2, -0.15) is 0 Å². The lowest BCUT2D eigenvalue weighted by Crippen LogP contribution is -2.33. The third-order valence-corrected chi connectivity index (χ3v) is 3.06. The summed E-state index contributed by atoms with van der Waals surface area (Å²) in [4.78, 5) is 22.5. The molecule has 0 saturated carbocycles. The van der Waals surface area contributed by atoms with Gasteiger partial charge in [0.15, 0.2) is 0 Å². The summed E-state index contributed by atoms with van der Waals surface area (Å²) in [6, 6.07) is 3.44. The molecule has 1 aliphatic heterocycles. The molecule has 1 aromatic carbocycles. The fraction of sp³-hybridized carbons (Fsp3) is 0.385. The molecule has 1 fully saturated rings. The molecule has 7 heteroatoms. The molecule has 0 aliphatic carbocycles. The van der Waals surface area contributed by atoms with E-state index in [0.29, 0.717) is 31.4 Å². The van der Waals surface area contributed by atoms with Crippen LogP contribution in [0.4, 0.5) is 10.5 Å². The maximum absolute atomic E-state index is 11.7. The van der Waals surface area contributed by atoms with Gasteiger partial charge in [0, 0.05) is 24.8 Å². The topological polar surface area (TPSA) is 108 Å². The maximum atomic E-state index is 11.7. The van der Waals surface area contributed by atoms with Gasteiger partial charge in [-0.1, -0.05) is 0 Å². The van der Waals surface area contributed by atoms with Gasteiger partial charge >= 0.3 is 12.0 Å². The first-order valence-electron chi connectivity index (χ1n) is 6.25. The Hall–Kier alpha value is -2.28. The number of carboxylic acid groups (broad SMARTS) is 1. The Balaban J connectivity index is 1.90. The third kappa shape index (κ3) is 3.61. The normalized spacial score (nSPS) is 17.7. The predicted octanol–water partition coefficient (Wildman–Crippen LogP) is 1.25. The van der Waals surface area contributed by atoms with E-state index in [2.05, 4.69) is 10.6 Å². The highest BCUT2D eigenvalue weighted by Crippen LogP contribution is 2.21. The van der Waals surface area contributed by atoms with Crippen LogP contribution < -0.4 is 10.6 Å². The van der Waals surface area contributed by atoms with E-state index >= 15 is 0 Å². The van der Waals surface area contributed by atoms with Crippen molar-refractivity contribution in [1.82, 2.24) is 5.32 Å². The number of amides is 2. The minimum atomic E-state index is -1.25. The molecule has 2 rings (SSSR count). The van der Waals surface area contributed by atoms with E-state index in [4.69, 9.17) is 9.84 Å². The number of urea groups is 1. The fourth-order valence-electron chi connectivity index (χ4n) is 1.94. The highest BCUT2D eigenvalue weighted by Gasteiger charge is 2.16. The Labute approximate surface area is 115 Å². The summed E-state index contributed by atoms with van der Waals surface area (Å²) < 4.78 is 5.20. The second kappa shape index (κ2) is 6.25. The SMILES string of the molecule is O=C(NCC1CCOC1)Nc1ccc(O)c(C(=O)O)c1. The van der Waals surface area contributed by atoms with Crippen LogP contribution in [-0.2, 0) is 4.74 Å². The molecule has 1 aromatic rings. The van der Waals surface area contributed by atoms with Crippen molar-refractivity contribution in [3.8, 4) is 5.75 Å². The minimum absolute atomic E-state index is 0.257. The predicted molar refractivity (Wildman–Crippen MR) is 71.0 cm³/mol. The van der Waals surface area contributed by atoms with Crippen LogP contribution in [0.2, 0.25) is 0 Å². The first-order valence-corrected chi connectivity index (χ1v) is 6.25. The molecule has 20 heavy (non-hydrogen) atoms. The molecule has 1 saturated heterocycles. The highest BCUT2D eigenvalue weighted by atomic mass is 16.5. The Morgan fingerprint density at radius 2 is 2.20 bits per heavy atom. The smallest absolute Gasteiger partial charge is 0.339 e. The van der Waals surface area contributed by atoms with E-state index < -0.39 is 12.0 Å². The summed E-state index contributed by atoms with van der Waals surface area (Å²) in [7, 11) is 0. The van der Waals surface area contributed by atoms with Gasteiger partial charge in [0.25, 0.3) is 0 Å². The van der Waals surface area contributed by atoms with Gasteiger partial charge < -0.3 is 25.6 Å². The number of ether oxygens (including phenoxy) is 1.